The number of fused-ring (bicyclic) bond motifs is 1. The Kier molecular flexibility index (Phi) is 4.35. The molecular weight excluding hydrogens is 332 g/mol. The van der Waals surface area contributed by atoms with Crippen LogP contribution in [-0.4, -0.2) is 55.6 Å². The zero-order chi connectivity index (χ0) is 17.5. The predicted octanol–water partition coefficient (Wildman–Crippen LogP) is 0.873. The molecule has 0 aromatic heterocycles. The van der Waals surface area contributed by atoms with Crippen LogP contribution in [0.5, 0.6) is 0 Å². The minimum absolute atomic E-state index is 0.112. The van der Waals surface area contributed by atoms with Gasteiger partial charge in [-0.2, -0.15) is 0 Å². The van der Waals surface area contributed by atoms with Crippen LogP contribution in [0.2, 0.25) is 0 Å². The van der Waals surface area contributed by atoms with Crippen LogP contribution in [0.4, 0.5) is 5.69 Å². The van der Waals surface area contributed by atoms with Gasteiger partial charge in [0, 0.05) is 31.2 Å². The van der Waals surface area contributed by atoms with Gasteiger partial charge in [0.15, 0.2) is 0 Å². The van der Waals surface area contributed by atoms with Crippen LogP contribution >= 0.6 is 0 Å². The number of piperidine rings is 1. The molecule has 0 spiro atoms. The van der Waals surface area contributed by atoms with E-state index in [1.807, 2.05) is 0 Å². The van der Waals surface area contributed by atoms with Gasteiger partial charge in [0.05, 0.1) is 6.26 Å². The Morgan fingerprint density at radius 1 is 1.17 bits per heavy atom. The fraction of sp³-hybridized carbons (Fsp3) is 0.500. The predicted molar refractivity (Wildman–Crippen MR) is 88.3 cm³/mol. The second-order valence-electron chi connectivity index (χ2n) is 6.33. The van der Waals surface area contributed by atoms with Crippen molar-refractivity contribution in [1.29, 1.82) is 0 Å². The molecule has 130 valence electrons. The number of amides is 1. The third-order valence-electron chi connectivity index (χ3n) is 4.80. The SMILES string of the molecule is CS(=O)(=O)N1CCC(C(=O)N2C[C@@H](C(=O)O)c3ccccc32)CC1. The number of carbonyl (C=O) groups is 2. The fourth-order valence-electron chi connectivity index (χ4n) is 3.48. The van der Waals surface area contributed by atoms with Gasteiger partial charge >= 0.3 is 5.97 Å². The van der Waals surface area contributed by atoms with Crippen LogP contribution in [0, 0.1) is 5.92 Å². The summed E-state index contributed by atoms with van der Waals surface area (Å²) in [5, 5.41) is 9.38. The molecule has 7 nitrogen and oxygen atoms in total. The van der Waals surface area contributed by atoms with Crippen molar-refractivity contribution in [2.45, 2.75) is 18.8 Å². The van der Waals surface area contributed by atoms with Crippen LogP contribution in [0.15, 0.2) is 24.3 Å². The molecule has 1 aromatic rings. The van der Waals surface area contributed by atoms with E-state index in [1.165, 1.54) is 10.6 Å². The zero-order valence-corrected chi connectivity index (χ0v) is 14.2. The molecule has 0 saturated carbocycles. The molecule has 2 aliphatic rings. The summed E-state index contributed by atoms with van der Waals surface area (Å²) in [7, 11) is -3.23. The zero-order valence-electron chi connectivity index (χ0n) is 13.4. The number of carbonyl (C=O) groups excluding carboxylic acids is 1. The highest BCUT2D eigenvalue weighted by Gasteiger charge is 2.39. The Hall–Kier alpha value is -1.93. The number of sulfonamides is 1. The van der Waals surface area contributed by atoms with Crippen LogP contribution in [0.25, 0.3) is 0 Å². The molecule has 0 radical (unpaired) electrons. The summed E-state index contributed by atoms with van der Waals surface area (Å²) in [6.45, 7) is 0.792. The Morgan fingerprint density at radius 3 is 2.38 bits per heavy atom. The van der Waals surface area contributed by atoms with Crippen LogP contribution in [0.3, 0.4) is 0 Å². The third kappa shape index (κ3) is 3.03. The van der Waals surface area contributed by atoms with Gasteiger partial charge in [-0.15, -0.1) is 0 Å². The quantitative estimate of drug-likeness (QED) is 0.871. The number of carboxylic acid groups (broad SMARTS) is 1. The summed E-state index contributed by atoms with van der Waals surface area (Å²) in [6.07, 6.45) is 2.09. The van der Waals surface area contributed by atoms with Crippen molar-refractivity contribution in [2.75, 3.05) is 30.8 Å². The minimum atomic E-state index is -3.23. The van der Waals surface area contributed by atoms with E-state index in [0.29, 0.717) is 37.2 Å². The number of nitrogens with zero attached hydrogens (tertiary/aromatic N) is 2. The molecule has 2 heterocycles. The number of anilines is 1. The summed E-state index contributed by atoms with van der Waals surface area (Å²) in [6, 6.07) is 7.07. The molecule has 0 bridgehead atoms. The van der Waals surface area contributed by atoms with Gasteiger partial charge in [-0.1, -0.05) is 18.2 Å². The summed E-state index contributed by atoms with van der Waals surface area (Å²) in [5.41, 5.74) is 1.31. The van der Waals surface area contributed by atoms with Gasteiger partial charge < -0.3 is 10.0 Å². The highest BCUT2D eigenvalue weighted by Crippen LogP contribution is 2.38. The number of rotatable bonds is 3. The normalized spacial score (nSPS) is 22.4. The van der Waals surface area contributed by atoms with Crippen molar-refractivity contribution in [3.05, 3.63) is 29.8 Å². The topological polar surface area (TPSA) is 95.0 Å². The molecule has 0 unspecified atom stereocenters. The van der Waals surface area contributed by atoms with Crippen molar-refractivity contribution >= 4 is 27.6 Å². The number of hydrogen-bond acceptors (Lipinski definition) is 4. The molecule has 1 atom stereocenters. The smallest absolute Gasteiger partial charge is 0.312 e. The monoisotopic (exact) mass is 352 g/mol. The summed E-state index contributed by atoms with van der Waals surface area (Å²) in [5.74, 6) is -2.03. The molecule has 1 aromatic carbocycles. The van der Waals surface area contributed by atoms with E-state index in [9.17, 15) is 23.1 Å². The first-order valence-corrected chi connectivity index (χ1v) is 9.72. The summed E-state index contributed by atoms with van der Waals surface area (Å²) < 4.78 is 24.5. The van der Waals surface area contributed by atoms with Crippen LogP contribution < -0.4 is 4.90 Å². The van der Waals surface area contributed by atoms with Gasteiger partial charge in [0.25, 0.3) is 0 Å². The van der Waals surface area contributed by atoms with E-state index >= 15 is 0 Å². The lowest BCUT2D eigenvalue weighted by Crippen LogP contribution is -2.44. The van der Waals surface area contributed by atoms with E-state index in [1.54, 1.807) is 29.2 Å². The van der Waals surface area contributed by atoms with E-state index in [-0.39, 0.29) is 18.4 Å². The van der Waals surface area contributed by atoms with E-state index in [2.05, 4.69) is 0 Å². The number of carboxylic acids is 1. The van der Waals surface area contributed by atoms with Gasteiger partial charge in [0.2, 0.25) is 15.9 Å². The van der Waals surface area contributed by atoms with Gasteiger partial charge in [-0.3, -0.25) is 9.59 Å². The second-order valence-corrected chi connectivity index (χ2v) is 8.32. The summed E-state index contributed by atoms with van der Waals surface area (Å²) in [4.78, 5) is 25.9. The molecule has 1 amide bonds. The van der Waals surface area contributed by atoms with Crippen molar-refractivity contribution in [2.24, 2.45) is 5.92 Å². The minimum Gasteiger partial charge on any atom is -0.481 e. The second kappa shape index (κ2) is 6.18. The van der Waals surface area contributed by atoms with Gasteiger partial charge in [-0.05, 0) is 24.5 Å². The Morgan fingerprint density at radius 2 is 1.79 bits per heavy atom. The number of para-hydroxylation sites is 1. The van der Waals surface area contributed by atoms with E-state index in [0.717, 1.165) is 0 Å². The maximum absolute atomic E-state index is 12.9. The molecule has 8 heteroatoms. The average Bonchev–Trinajstić information content (AvgIpc) is 2.93. The Labute approximate surface area is 140 Å². The average molecular weight is 352 g/mol. The van der Waals surface area contributed by atoms with Crippen molar-refractivity contribution in [3.8, 4) is 0 Å². The first kappa shape index (κ1) is 16.9. The molecule has 2 aliphatic heterocycles. The van der Waals surface area contributed by atoms with Gasteiger partial charge in [0.1, 0.15) is 5.92 Å². The van der Waals surface area contributed by atoms with Gasteiger partial charge in [-0.25, -0.2) is 12.7 Å². The van der Waals surface area contributed by atoms with Crippen molar-refractivity contribution in [1.82, 2.24) is 4.31 Å². The molecule has 1 N–H and O–H groups in total. The lowest BCUT2D eigenvalue weighted by atomic mass is 9.96. The standard InChI is InChI=1S/C16H20N2O5S/c1-24(22,23)17-8-6-11(7-9-17)15(19)18-10-13(16(20)21)12-4-2-3-5-14(12)18/h2-5,11,13H,6-10H2,1H3,(H,20,21)/t13-/m1/s1. The first-order chi connectivity index (χ1) is 11.3. The van der Waals surface area contributed by atoms with E-state index < -0.39 is 21.9 Å². The number of hydrogen-bond donors (Lipinski definition) is 1. The molecule has 3 rings (SSSR count). The number of benzene rings is 1. The Balaban J connectivity index is 1.76. The Bertz CT molecular complexity index is 768. The highest BCUT2D eigenvalue weighted by molar-refractivity contribution is 7.88. The van der Waals surface area contributed by atoms with Crippen molar-refractivity contribution in [3.63, 3.8) is 0 Å². The van der Waals surface area contributed by atoms with E-state index in [4.69, 9.17) is 0 Å². The van der Waals surface area contributed by atoms with Crippen molar-refractivity contribution < 1.29 is 23.1 Å². The molecule has 1 saturated heterocycles. The first-order valence-electron chi connectivity index (χ1n) is 7.87. The number of aliphatic carboxylic acids is 1. The maximum atomic E-state index is 12.9. The fourth-order valence-corrected chi connectivity index (χ4v) is 4.36. The lowest BCUT2D eigenvalue weighted by molar-refractivity contribution is -0.138. The lowest BCUT2D eigenvalue weighted by Gasteiger charge is -2.32. The maximum Gasteiger partial charge on any atom is 0.312 e. The van der Waals surface area contributed by atoms with Crippen LogP contribution in [-0.2, 0) is 19.6 Å². The third-order valence-corrected chi connectivity index (χ3v) is 6.11. The van der Waals surface area contributed by atoms with Crippen LogP contribution in [0.1, 0.15) is 24.3 Å². The summed E-state index contributed by atoms with van der Waals surface area (Å²) >= 11 is 0. The largest absolute Gasteiger partial charge is 0.481 e. The molecular formula is C16H20N2O5S. The highest BCUT2D eigenvalue weighted by atomic mass is 32.2. The molecule has 24 heavy (non-hydrogen) atoms. The molecule has 1 fully saturated rings. The molecule has 0 aliphatic carbocycles.